The summed E-state index contributed by atoms with van der Waals surface area (Å²) in [6.45, 7) is 14.5. The average molecular weight is 591 g/mol. The third-order valence-electron chi connectivity index (χ3n) is 7.89. The Morgan fingerprint density at radius 1 is 1.19 bits per heavy atom. The number of fused-ring (bicyclic) bond motifs is 2. The predicted molar refractivity (Wildman–Crippen MR) is 168 cm³/mol. The van der Waals surface area contributed by atoms with E-state index >= 15 is 0 Å². The normalized spacial score (nSPS) is 17.8. The number of nitrogen functional groups attached to an aromatic ring is 1. The van der Waals surface area contributed by atoms with E-state index in [1.54, 1.807) is 15.8 Å². The van der Waals surface area contributed by atoms with Crippen LogP contribution < -0.4 is 11.1 Å². The first-order valence-corrected chi connectivity index (χ1v) is 18.4. The fraction of sp³-hybridized carbons (Fsp3) is 0.500. The Bertz CT molecular complexity index is 1610. The van der Waals surface area contributed by atoms with Gasteiger partial charge < -0.3 is 20.7 Å². The summed E-state index contributed by atoms with van der Waals surface area (Å²) in [5.74, 6) is -0.719. The third-order valence-corrected chi connectivity index (χ3v) is 9.60. The lowest BCUT2D eigenvalue weighted by molar-refractivity contribution is -0.146. The van der Waals surface area contributed by atoms with E-state index in [4.69, 9.17) is 10.5 Å². The van der Waals surface area contributed by atoms with Gasteiger partial charge in [-0.05, 0) is 56.3 Å². The van der Waals surface area contributed by atoms with Gasteiger partial charge in [0.25, 0.3) is 0 Å². The standard InChI is InChI=1S/C30H42N8O3Si/c1-19(2)37-17-22-13-21(8-9-24(22)35-37)26-10-7-20(3)16-36(26)30(40)29(39)34-25-15-32-28(31)23-14-33-38(27(23)25)18-41-11-12-42(4,5)6/h8-9,13-15,17,19-20,26H,7,10-12,16,18H2,1-6H3,(H2,31,32)(H,34,39)/t20-,26+/m0/s1. The van der Waals surface area contributed by atoms with Crippen molar-refractivity contribution in [2.24, 2.45) is 5.92 Å². The summed E-state index contributed by atoms with van der Waals surface area (Å²) in [6.07, 6.45) is 6.86. The minimum absolute atomic E-state index is 0.204. The van der Waals surface area contributed by atoms with Crippen molar-refractivity contribution >= 4 is 53.2 Å². The zero-order chi connectivity index (χ0) is 30.2. The number of nitrogens with two attached hydrogens (primary N) is 1. The van der Waals surface area contributed by atoms with E-state index in [1.165, 1.54) is 6.20 Å². The highest BCUT2D eigenvalue weighted by Gasteiger charge is 2.35. The van der Waals surface area contributed by atoms with Crippen LogP contribution in [0.25, 0.3) is 21.8 Å². The van der Waals surface area contributed by atoms with Gasteiger partial charge in [-0.15, -0.1) is 0 Å². The molecule has 1 saturated heterocycles. The van der Waals surface area contributed by atoms with Gasteiger partial charge in [-0.1, -0.05) is 32.6 Å². The maximum Gasteiger partial charge on any atom is 0.314 e. The van der Waals surface area contributed by atoms with Crippen LogP contribution in [0.2, 0.25) is 25.7 Å². The van der Waals surface area contributed by atoms with Crippen LogP contribution >= 0.6 is 0 Å². The Hall–Kier alpha value is -3.77. The van der Waals surface area contributed by atoms with Crippen molar-refractivity contribution in [3.05, 3.63) is 42.4 Å². The first-order chi connectivity index (χ1) is 19.9. The quantitative estimate of drug-likeness (QED) is 0.164. The van der Waals surface area contributed by atoms with Gasteiger partial charge >= 0.3 is 11.8 Å². The molecule has 1 aliphatic rings. The van der Waals surface area contributed by atoms with Crippen molar-refractivity contribution in [1.29, 1.82) is 0 Å². The van der Waals surface area contributed by atoms with Crippen LogP contribution in [0.15, 0.2) is 36.8 Å². The SMILES string of the molecule is CC(C)n1cc2cc([C@H]3CC[C@H](C)CN3C(=O)C(=O)Nc3cnc(N)c4cnn(COCC[Si](C)(C)C)c34)ccc2n1. The molecule has 0 saturated carbocycles. The number of amides is 2. The Kier molecular flexibility index (Phi) is 8.38. The molecular weight excluding hydrogens is 548 g/mol. The Balaban J connectivity index is 1.37. The van der Waals surface area contributed by atoms with Gasteiger partial charge in [0.1, 0.15) is 12.5 Å². The molecule has 2 amide bonds. The van der Waals surface area contributed by atoms with E-state index in [0.29, 0.717) is 35.6 Å². The molecule has 0 aliphatic carbocycles. The number of hydrogen-bond acceptors (Lipinski definition) is 7. The number of nitrogens with zero attached hydrogens (tertiary/aromatic N) is 6. The molecule has 0 unspecified atom stereocenters. The number of anilines is 2. The number of ether oxygens (including phenoxy) is 1. The summed E-state index contributed by atoms with van der Waals surface area (Å²) in [5, 5.41) is 13.5. The summed E-state index contributed by atoms with van der Waals surface area (Å²) in [4.78, 5) is 33.2. The molecule has 4 aromatic rings. The summed E-state index contributed by atoms with van der Waals surface area (Å²) in [5.41, 5.74) is 8.98. The molecule has 2 atom stereocenters. The number of rotatable bonds is 8. The molecule has 0 radical (unpaired) electrons. The Morgan fingerprint density at radius 2 is 1.98 bits per heavy atom. The number of carbonyl (C=O) groups is 2. The second-order valence-electron chi connectivity index (χ2n) is 12.9. The van der Waals surface area contributed by atoms with E-state index in [2.05, 4.69) is 67.0 Å². The summed E-state index contributed by atoms with van der Waals surface area (Å²) >= 11 is 0. The number of benzene rings is 1. The topological polar surface area (TPSA) is 133 Å². The molecule has 1 aliphatic heterocycles. The molecule has 3 N–H and O–H groups in total. The van der Waals surface area contributed by atoms with Crippen LogP contribution in [0.4, 0.5) is 11.5 Å². The summed E-state index contributed by atoms with van der Waals surface area (Å²) in [6, 6.07) is 7.17. The number of hydrogen-bond donors (Lipinski definition) is 2. The first-order valence-electron chi connectivity index (χ1n) is 14.7. The smallest absolute Gasteiger partial charge is 0.314 e. The highest BCUT2D eigenvalue weighted by atomic mass is 28.3. The maximum absolute atomic E-state index is 13.7. The van der Waals surface area contributed by atoms with Gasteiger partial charge in [0.15, 0.2) is 0 Å². The molecule has 42 heavy (non-hydrogen) atoms. The second kappa shape index (κ2) is 11.8. The number of likely N-dealkylation sites (tertiary alicyclic amines) is 1. The van der Waals surface area contributed by atoms with E-state index < -0.39 is 19.9 Å². The van der Waals surface area contributed by atoms with E-state index in [-0.39, 0.29) is 24.7 Å². The lowest BCUT2D eigenvalue weighted by Crippen LogP contribution is -2.46. The van der Waals surface area contributed by atoms with Gasteiger partial charge in [-0.25, -0.2) is 9.67 Å². The number of nitrogens with one attached hydrogen (secondary N) is 1. The molecule has 4 heterocycles. The monoisotopic (exact) mass is 590 g/mol. The largest absolute Gasteiger partial charge is 0.383 e. The number of carbonyl (C=O) groups excluding carboxylic acids is 2. The molecular formula is C30H42N8O3Si. The van der Waals surface area contributed by atoms with Crippen molar-refractivity contribution in [2.75, 3.05) is 24.2 Å². The van der Waals surface area contributed by atoms with Crippen molar-refractivity contribution in [3.8, 4) is 0 Å². The zero-order valence-electron chi connectivity index (χ0n) is 25.4. The first kappa shape index (κ1) is 29.7. The van der Waals surface area contributed by atoms with Crippen molar-refractivity contribution in [3.63, 3.8) is 0 Å². The average Bonchev–Trinajstić information content (AvgIpc) is 3.56. The van der Waals surface area contributed by atoms with Crippen LogP contribution in [0.3, 0.4) is 0 Å². The molecule has 11 nitrogen and oxygen atoms in total. The molecule has 12 heteroatoms. The highest BCUT2D eigenvalue weighted by Crippen LogP contribution is 2.35. The van der Waals surface area contributed by atoms with Gasteiger partial charge in [0, 0.05) is 38.9 Å². The molecule has 224 valence electrons. The number of pyridine rings is 1. The second-order valence-corrected chi connectivity index (χ2v) is 18.6. The minimum atomic E-state index is -1.24. The lowest BCUT2D eigenvalue weighted by Gasteiger charge is -2.38. The Labute approximate surface area is 247 Å². The summed E-state index contributed by atoms with van der Waals surface area (Å²) in [7, 11) is -1.24. The van der Waals surface area contributed by atoms with Crippen LogP contribution in [-0.4, -0.2) is 62.5 Å². The van der Waals surface area contributed by atoms with Crippen molar-refractivity contribution in [1.82, 2.24) is 29.4 Å². The van der Waals surface area contributed by atoms with Crippen LogP contribution in [-0.2, 0) is 21.1 Å². The summed E-state index contributed by atoms with van der Waals surface area (Å²) < 4.78 is 9.50. The highest BCUT2D eigenvalue weighted by molar-refractivity contribution is 6.76. The molecule has 3 aromatic heterocycles. The molecule has 1 fully saturated rings. The molecule has 0 bridgehead atoms. The maximum atomic E-state index is 13.7. The fourth-order valence-electron chi connectivity index (χ4n) is 5.41. The van der Waals surface area contributed by atoms with Gasteiger partial charge in [0.2, 0.25) is 0 Å². The Morgan fingerprint density at radius 3 is 2.71 bits per heavy atom. The fourth-order valence-corrected chi connectivity index (χ4v) is 6.16. The van der Waals surface area contributed by atoms with E-state index in [9.17, 15) is 9.59 Å². The van der Waals surface area contributed by atoms with Crippen molar-refractivity contribution in [2.45, 2.75) is 78.1 Å². The molecule has 1 aromatic carbocycles. The predicted octanol–water partition coefficient (Wildman–Crippen LogP) is 5.19. The molecule has 5 rings (SSSR count). The lowest BCUT2D eigenvalue weighted by atomic mass is 9.89. The van der Waals surface area contributed by atoms with Crippen LogP contribution in [0.5, 0.6) is 0 Å². The van der Waals surface area contributed by atoms with Gasteiger partial charge in [-0.3, -0.25) is 14.3 Å². The number of aromatic nitrogens is 5. The third kappa shape index (κ3) is 6.34. The van der Waals surface area contributed by atoms with E-state index in [1.807, 2.05) is 23.0 Å². The zero-order valence-corrected chi connectivity index (χ0v) is 26.4. The molecule has 0 spiro atoms. The minimum Gasteiger partial charge on any atom is -0.383 e. The van der Waals surface area contributed by atoms with Gasteiger partial charge in [0.05, 0.1) is 40.5 Å². The van der Waals surface area contributed by atoms with Crippen LogP contribution in [0, 0.1) is 5.92 Å². The van der Waals surface area contributed by atoms with Gasteiger partial charge in [-0.2, -0.15) is 10.2 Å². The van der Waals surface area contributed by atoms with E-state index in [0.717, 1.165) is 35.4 Å². The van der Waals surface area contributed by atoms with Crippen LogP contribution in [0.1, 0.15) is 51.3 Å². The van der Waals surface area contributed by atoms with Crippen molar-refractivity contribution < 1.29 is 14.3 Å². The number of piperidine rings is 1.